The van der Waals surface area contributed by atoms with Gasteiger partial charge in [-0.2, -0.15) is 0 Å². The van der Waals surface area contributed by atoms with E-state index in [9.17, 15) is 9.90 Å². The van der Waals surface area contributed by atoms with Crippen LogP contribution < -0.4 is 5.32 Å². The summed E-state index contributed by atoms with van der Waals surface area (Å²) in [6, 6.07) is 17.1. The van der Waals surface area contributed by atoms with E-state index in [1.807, 2.05) is 59.5 Å². The van der Waals surface area contributed by atoms with E-state index in [2.05, 4.69) is 26.2 Å². The summed E-state index contributed by atoms with van der Waals surface area (Å²) < 4.78 is 1.01. The number of carbonyl (C=O) groups excluding carboxylic acids is 1. The molecule has 1 atom stereocenters. The summed E-state index contributed by atoms with van der Waals surface area (Å²) in [5.41, 5.74) is 2.11. The predicted octanol–water partition coefficient (Wildman–Crippen LogP) is 2.30. The Bertz CT molecular complexity index is 732. The molecule has 6 heteroatoms. The van der Waals surface area contributed by atoms with E-state index in [0.29, 0.717) is 19.0 Å². The van der Waals surface area contributed by atoms with Crippen LogP contribution in [-0.4, -0.2) is 34.5 Å². The molecule has 0 aliphatic carbocycles. The first-order valence-corrected chi connectivity index (χ1v) is 8.48. The second-order valence-electron chi connectivity index (χ2n) is 5.57. The summed E-state index contributed by atoms with van der Waals surface area (Å²) in [6.07, 6.45) is 0. The van der Waals surface area contributed by atoms with Crippen molar-refractivity contribution in [3.05, 3.63) is 70.2 Å². The molecule has 1 fully saturated rings. The van der Waals surface area contributed by atoms with Crippen LogP contribution in [0.15, 0.2) is 64.1 Å². The molecular formula is C18H18BrN3O2. The minimum atomic E-state index is -0.603. The van der Waals surface area contributed by atoms with Crippen molar-refractivity contribution < 1.29 is 9.90 Å². The molecule has 3 rings (SSSR count). The number of carbonyl (C=O) groups is 1. The molecule has 0 radical (unpaired) electrons. The molecule has 24 heavy (non-hydrogen) atoms. The Balaban J connectivity index is 1.79. The number of halogens is 1. The number of aliphatic hydroxyl groups excluding tert-OH is 1. The lowest BCUT2D eigenvalue weighted by Crippen LogP contribution is -2.37. The van der Waals surface area contributed by atoms with Gasteiger partial charge in [0.15, 0.2) is 0 Å². The molecule has 0 spiro atoms. The first-order valence-electron chi connectivity index (χ1n) is 7.68. The second-order valence-corrected chi connectivity index (χ2v) is 6.48. The molecule has 1 saturated heterocycles. The minimum Gasteiger partial charge on any atom is -0.394 e. The number of rotatable bonds is 5. The summed E-state index contributed by atoms with van der Waals surface area (Å²) in [7, 11) is 0. The van der Waals surface area contributed by atoms with E-state index in [1.165, 1.54) is 0 Å². The quantitative estimate of drug-likeness (QED) is 0.826. The molecule has 1 heterocycles. The lowest BCUT2D eigenvalue weighted by Gasteiger charge is -2.22. The zero-order valence-corrected chi connectivity index (χ0v) is 14.6. The van der Waals surface area contributed by atoms with Gasteiger partial charge >= 0.3 is 0 Å². The van der Waals surface area contributed by atoms with Crippen molar-refractivity contribution in [1.29, 1.82) is 0 Å². The summed E-state index contributed by atoms with van der Waals surface area (Å²) in [4.78, 5) is 18.4. The maximum absolute atomic E-state index is 12.1. The molecule has 2 aromatic rings. The van der Waals surface area contributed by atoms with Gasteiger partial charge in [-0.05, 0) is 23.3 Å². The van der Waals surface area contributed by atoms with Gasteiger partial charge < -0.3 is 10.0 Å². The van der Waals surface area contributed by atoms with Crippen molar-refractivity contribution in [2.24, 2.45) is 4.99 Å². The molecule has 1 amide bonds. The predicted molar refractivity (Wildman–Crippen MR) is 96.3 cm³/mol. The lowest BCUT2D eigenvalue weighted by molar-refractivity contribution is -0.122. The topological polar surface area (TPSA) is 64.9 Å². The van der Waals surface area contributed by atoms with Crippen LogP contribution in [0, 0.1) is 0 Å². The molecule has 2 aromatic carbocycles. The highest BCUT2D eigenvalue weighted by Gasteiger charge is 2.36. The SMILES string of the molecule is O=C1NC(=NCc2ccc(Br)cc2)N(Cc2ccccc2)[C@H]1CO. The van der Waals surface area contributed by atoms with Gasteiger partial charge in [0, 0.05) is 11.0 Å². The monoisotopic (exact) mass is 387 g/mol. The van der Waals surface area contributed by atoms with Gasteiger partial charge in [-0.1, -0.05) is 58.4 Å². The number of aliphatic hydroxyl groups is 1. The van der Waals surface area contributed by atoms with Gasteiger partial charge in [-0.3, -0.25) is 10.1 Å². The Labute approximate surface area is 149 Å². The molecule has 5 nitrogen and oxygen atoms in total. The van der Waals surface area contributed by atoms with Crippen LogP contribution in [0.2, 0.25) is 0 Å². The maximum atomic E-state index is 12.1. The number of nitrogens with zero attached hydrogens (tertiary/aromatic N) is 2. The number of guanidine groups is 1. The van der Waals surface area contributed by atoms with Gasteiger partial charge in [-0.15, -0.1) is 0 Å². The smallest absolute Gasteiger partial charge is 0.251 e. The van der Waals surface area contributed by atoms with Crippen molar-refractivity contribution in [2.45, 2.75) is 19.1 Å². The van der Waals surface area contributed by atoms with Gasteiger partial charge in [0.1, 0.15) is 6.04 Å². The van der Waals surface area contributed by atoms with E-state index in [1.54, 1.807) is 0 Å². The van der Waals surface area contributed by atoms with Gasteiger partial charge in [0.05, 0.1) is 13.2 Å². The van der Waals surface area contributed by atoms with Crippen LogP contribution in [0.4, 0.5) is 0 Å². The zero-order chi connectivity index (χ0) is 16.9. The average molecular weight is 388 g/mol. The Morgan fingerprint density at radius 1 is 1.08 bits per heavy atom. The standard InChI is InChI=1S/C18H18BrN3O2/c19-15-8-6-13(7-9-15)10-20-18-21-17(24)16(12-23)22(18)11-14-4-2-1-3-5-14/h1-9,16,23H,10-12H2,(H,20,21,24)/t16-/m0/s1. The second kappa shape index (κ2) is 7.59. The third kappa shape index (κ3) is 3.83. The van der Waals surface area contributed by atoms with Crippen LogP contribution in [0.25, 0.3) is 0 Å². The summed E-state index contributed by atoms with van der Waals surface area (Å²) >= 11 is 3.41. The molecule has 1 aliphatic heterocycles. The fourth-order valence-electron chi connectivity index (χ4n) is 2.59. The number of benzene rings is 2. The van der Waals surface area contributed by atoms with Gasteiger partial charge in [0.25, 0.3) is 5.91 Å². The van der Waals surface area contributed by atoms with E-state index < -0.39 is 6.04 Å². The Morgan fingerprint density at radius 3 is 2.46 bits per heavy atom. The normalized spacial score (nSPS) is 18.9. The number of nitrogens with one attached hydrogen (secondary N) is 1. The summed E-state index contributed by atoms with van der Waals surface area (Å²) in [5.74, 6) is 0.286. The summed E-state index contributed by atoms with van der Waals surface area (Å²) in [6.45, 7) is 0.742. The first kappa shape index (κ1) is 16.7. The number of amides is 1. The lowest BCUT2D eigenvalue weighted by atomic mass is 10.2. The third-order valence-corrected chi connectivity index (χ3v) is 4.41. The molecule has 0 saturated carbocycles. The molecule has 0 bridgehead atoms. The van der Waals surface area contributed by atoms with Crippen LogP contribution in [0.1, 0.15) is 11.1 Å². The molecule has 0 unspecified atom stereocenters. The highest BCUT2D eigenvalue weighted by Crippen LogP contribution is 2.16. The highest BCUT2D eigenvalue weighted by atomic mass is 79.9. The molecule has 0 aromatic heterocycles. The van der Waals surface area contributed by atoms with E-state index in [0.717, 1.165) is 15.6 Å². The number of aliphatic imine (C=N–C) groups is 1. The largest absolute Gasteiger partial charge is 0.394 e. The van der Waals surface area contributed by atoms with Crippen LogP contribution in [0.5, 0.6) is 0 Å². The van der Waals surface area contributed by atoms with Crippen LogP contribution >= 0.6 is 15.9 Å². The summed E-state index contributed by atoms with van der Waals surface area (Å²) in [5, 5.41) is 12.3. The fourth-order valence-corrected chi connectivity index (χ4v) is 2.85. The van der Waals surface area contributed by atoms with Crippen molar-refractivity contribution >= 4 is 27.8 Å². The molecular weight excluding hydrogens is 370 g/mol. The van der Waals surface area contributed by atoms with Crippen LogP contribution in [0.3, 0.4) is 0 Å². The van der Waals surface area contributed by atoms with Gasteiger partial charge in [0.2, 0.25) is 5.96 Å². The van der Waals surface area contributed by atoms with E-state index >= 15 is 0 Å². The highest BCUT2D eigenvalue weighted by molar-refractivity contribution is 9.10. The van der Waals surface area contributed by atoms with Crippen LogP contribution in [-0.2, 0) is 17.9 Å². The van der Waals surface area contributed by atoms with Crippen molar-refractivity contribution in [2.75, 3.05) is 6.61 Å². The Morgan fingerprint density at radius 2 is 1.79 bits per heavy atom. The van der Waals surface area contributed by atoms with E-state index in [-0.39, 0.29) is 12.5 Å². The fraction of sp³-hybridized carbons (Fsp3) is 0.222. The van der Waals surface area contributed by atoms with E-state index in [4.69, 9.17) is 0 Å². The number of hydrogen-bond donors (Lipinski definition) is 2. The first-order chi connectivity index (χ1) is 11.7. The maximum Gasteiger partial charge on any atom is 0.251 e. The minimum absolute atomic E-state index is 0.219. The third-order valence-electron chi connectivity index (χ3n) is 3.88. The van der Waals surface area contributed by atoms with Gasteiger partial charge in [-0.25, -0.2) is 4.99 Å². The average Bonchev–Trinajstić information content (AvgIpc) is 2.90. The Hall–Kier alpha value is -2.18. The Kier molecular flexibility index (Phi) is 5.27. The number of hydrogen-bond acceptors (Lipinski definition) is 3. The molecule has 1 aliphatic rings. The zero-order valence-electron chi connectivity index (χ0n) is 13.0. The molecule has 124 valence electrons. The molecule has 2 N–H and O–H groups in total. The van der Waals surface area contributed by atoms with Crippen molar-refractivity contribution in [3.8, 4) is 0 Å². The van der Waals surface area contributed by atoms with Crippen molar-refractivity contribution in [1.82, 2.24) is 10.2 Å². The van der Waals surface area contributed by atoms with Crippen molar-refractivity contribution in [3.63, 3.8) is 0 Å².